The highest BCUT2D eigenvalue weighted by Gasteiger charge is 2.36. The fraction of sp³-hybridized carbons (Fsp3) is 0.458. The Morgan fingerprint density at radius 2 is 1.81 bits per heavy atom. The summed E-state index contributed by atoms with van der Waals surface area (Å²) in [5.74, 6) is 1.06. The lowest BCUT2D eigenvalue weighted by Gasteiger charge is -2.40. The van der Waals surface area contributed by atoms with Crippen LogP contribution in [0.4, 0.5) is 5.69 Å². The van der Waals surface area contributed by atoms with Crippen LogP contribution in [0.25, 0.3) is 0 Å². The Morgan fingerprint density at radius 1 is 1.09 bits per heavy atom. The number of nitrogens with zero attached hydrogens (tertiary/aromatic N) is 2. The molecule has 1 N–H and O–H groups in total. The molecule has 7 nitrogen and oxygen atoms in total. The number of sulfone groups is 1. The van der Waals surface area contributed by atoms with Crippen molar-refractivity contribution in [2.45, 2.75) is 25.4 Å². The average molecular weight is 458 g/mol. The summed E-state index contributed by atoms with van der Waals surface area (Å²) in [6, 6.07) is 15.2. The molecule has 4 rings (SSSR count). The van der Waals surface area contributed by atoms with E-state index in [-0.39, 0.29) is 23.5 Å². The van der Waals surface area contributed by atoms with Gasteiger partial charge in [0.2, 0.25) is 5.91 Å². The molecule has 1 amide bonds. The van der Waals surface area contributed by atoms with Crippen LogP contribution in [0.15, 0.2) is 48.5 Å². The first-order valence-corrected chi connectivity index (χ1v) is 12.9. The molecule has 0 aromatic heterocycles. The molecule has 2 heterocycles. The van der Waals surface area contributed by atoms with Gasteiger partial charge >= 0.3 is 0 Å². The van der Waals surface area contributed by atoms with Crippen LogP contribution in [0, 0.1) is 6.92 Å². The van der Waals surface area contributed by atoms with Gasteiger partial charge in [0, 0.05) is 32.2 Å². The number of amides is 1. The van der Waals surface area contributed by atoms with Gasteiger partial charge in [-0.25, -0.2) is 8.42 Å². The maximum Gasteiger partial charge on any atom is 0.246 e. The minimum Gasteiger partial charge on any atom is -0.495 e. The van der Waals surface area contributed by atoms with Crippen LogP contribution in [0.3, 0.4) is 0 Å². The molecule has 0 unspecified atom stereocenters. The van der Waals surface area contributed by atoms with E-state index in [4.69, 9.17) is 4.74 Å². The van der Waals surface area contributed by atoms with Crippen LogP contribution < -0.4 is 10.1 Å². The van der Waals surface area contributed by atoms with E-state index in [1.54, 1.807) is 7.11 Å². The zero-order valence-electron chi connectivity index (χ0n) is 18.7. The molecule has 8 heteroatoms. The molecule has 2 atom stereocenters. The van der Waals surface area contributed by atoms with Gasteiger partial charge in [0.15, 0.2) is 9.84 Å². The second-order valence-electron chi connectivity index (χ2n) is 8.64. The molecule has 2 aliphatic rings. The van der Waals surface area contributed by atoms with Crippen molar-refractivity contribution < 1.29 is 17.9 Å². The molecule has 0 radical (unpaired) electrons. The molecule has 0 spiro atoms. The number of benzene rings is 2. The Balaban J connectivity index is 1.51. The fourth-order valence-electron chi connectivity index (χ4n) is 4.71. The molecule has 2 saturated heterocycles. The van der Waals surface area contributed by atoms with E-state index in [0.717, 1.165) is 24.2 Å². The number of aryl methyl sites for hydroxylation is 1. The molecule has 2 fully saturated rings. The van der Waals surface area contributed by atoms with E-state index in [0.29, 0.717) is 30.9 Å². The van der Waals surface area contributed by atoms with Gasteiger partial charge in [-0.05, 0) is 36.6 Å². The van der Waals surface area contributed by atoms with Gasteiger partial charge < -0.3 is 10.1 Å². The van der Waals surface area contributed by atoms with Gasteiger partial charge in [0.25, 0.3) is 0 Å². The number of carbonyl (C=O) groups is 1. The van der Waals surface area contributed by atoms with Crippen molar-refractivity contribution in [2.24, 2.45) is 0 Å². The maximum atomic E-state index is 13.5. The molecule has 2 aromatic carbocycles. The van der Waals surface area contributed by atoms with Crippen molar-refractivity contribution in [3.05, 3.63) is 59.7 Å². The van der Waals surface area contributed by atoms with Crippen LogP contribution in [0.5, 0.6) is 5.75 Å². The smallest absolute Gasteiger partial charge is 0.246 e. The number of anilines is 1. The third kappa shape index (κ3) is 5.14. The van der Waals surface area contributed by atoms with Crippen molar-refractivity contribution >= 4 is 21.4 Å². The predicted octanol–water partition coefficient (Wildman–Crippen LogP) is 2.49. The monoisotopic (exact) mass is 457 g/mol. The summed E-state index contributed by atoms with van der Waals surface area (Å²) in [6.45, 7) is 4.89. The molecule has 0 saturated carbocycles. The van der Waals surface area contributed by atoms with Crippen LogP contribution in [-0.4, -0.2) is 75.0 Å². The Morgan fingerprint density at radius 3 is 2.44 bits per heavy atom. The standard InChI is InChI=1S/C24H31N3O4S/c1-18-8-9-22(31-2)21(16-18)25-24(28)23(19-6-4-3-5-7-19)27-13-11-26(12-14-27)20-10-15-32(29,30)17-20/h3-9,16,20,23H,10-15,17H2,1-2H3,(H,25,28)/t20-,23-/m1/s1. The summed E-state index contributed by atoms with van der Waals surface area (Å²) in [6.07, 6.45) is 0.706. The molecule has 172 valence electrons. The van der Waals surface area contributed by atoms with E-state index in [1.165, 1.54) is 0 Å². The summed E-state index contributed by atoms with van der Waals surface area (Å²) >= 11 is 0. The lowest BCUT2D eigenvalue weighted by molar-refractivity contribution is -0.122. The first kappa shape index (κ1) is 22.8. The zero-order chi connectivity index (χ0) is 22.7. The summed E-state index contributed by atoms with van der Waals surface area (Å²) in [4.78, 5) is 18.0. The van der Waals surface area contributed by atoms with E-state index in [1.807, 2.05) is 55.5 Å². The van der Waals surface area contributed by atoms with E-state index in [2.05, 4.69) is 15.1 Å². The Bertz CT molecular complexity index is 1050. The van der Waals surface area contributed by atoms with E-state index >= 15 is 0 Å². The summed E-state index contributed by atoms with van der Waals surface area (Å²) in [5.41, 5.74) is 2.64. The Hall–Kier alpha value is -2.42. The summed E-state index contributed by atoms with van der Waals surface area (Å²) < 4.78 is 29.2. The number of ether oxygens (including phenoxy) is 1. The van der Waals surface area contributed by atoms with Gasteiger partial charge in [-0.1, -0.05) is 36.4 Å². The molecular weight excluding hydrogens is 426 g/mol. The van der Waals surface area contributed by atoms with E-state index < -0.39 is 15.9 Å². The van der Waals surface area contributed by atoms with Crippen molar-refractivity contribution in [3.63, 3.8) is 0 Å². The normalized spacial score (nSPS) is 22.4. The second kappa shape index (κ2) is 9.60. The lowest BCUT2D eigenvalue weighted by atomic mass is 10.0. The number of methoxy groups -OCH3 is 1. The van der Waals surface area contributed by atoms with Crippen LogP contribution in [0.2, 0.25) is 0 Å². The highest BCUT2D eigenvalue weighted by Crippen LogP contribution is 2.30. The third-order valence-corrected chi connectivity index (χ3v) is 8.17. The number of hydrogen-bond donors (Lipinski definition) is 1. The molecular formula is C24H31N3O4S. The average Bonchev–Trinajstić information content (AvgIpc) is 3.15. The largest absolute Gasteiger partial charge is 0.495 e. The first-order chi connectivity index (χ1) is 15.4. The van der Waals surface area contributed by atoms with Crippen LogP contribution >= 0.6 is 0 Å². The minimum absolute atomic E-state index is 0.0997. The fourth-order valence-corrected chi connectivity index (χ4v) is 6.47. The number of piperazine rings is 1. The van der Waals surface area contributed by atoms with Crippen molar-refractivity contribution in [1.82, 2.24) is 9.80 Å². The van der Waals surface area contributed by atoms with E-state index in [9.17, 15) is 13.2 Å². The minimum atomic E-state index is -2.91. The topological polar surface area (TPSA) is 79.0 Å². The first-order valence-electron chi connectivity index (χ1n) is 11.1. The molecule has 32 heavy (non-hydrogen) atoms. The van der Waals surface area contributed by atoms with Gasteiger partial charge in [0.1, 0.15) is 11.8 Å². The quantitative estimate of drug-likeness (QED) is 0.718. The second-order valence-corrected chi connectivity index (χ2v) is 10.9. The van der Waals surface area contributed by atoms with Gasteiger partial charge in [-0.2, -0.15) is 0 Å². The number of hydrogen-bond acceptors (Lipinski definition) is 6. The number of carbonyl (C=O) groups excluding carboxylic acids is 1. The van der Waals surface area contributed by atoms with Crippen LogP contribution in [-0.2, 0) is 14.6 Å². The number of nitrogens with one attached hydrogen (secondary N) is 1. The van der Waals surface area contributed by atoms with Gasteiger partial charge in [-0.15, -0.1) is 0 Å². The maximum absolute atomic E-state index is 13.5. The predicted molar refractivity (Wildman–Crippen MR) is 126 cm³/mol. The molecule has 2 aliphatic heterocycles. The molecule has 0 bridgehead atoms. The number of rotatable bonds is 6. The third-order valence-electron chi connectivity index (χ3n) is 6.42. The van der Waals surface area contributed by atoms with Crippen molar-refractivity contribution in [3.8, 4) is 5.75 Å². The Labute approximate surface area is 190 Å². The van der Waals surface area contributed by atoms with Crippen molar-refractivity contribution in [2.75, 3.05) is 50.1 Å². The van der Waals surface area contributed by atoms with Gasteiger partial charge in [-0.3, -0.25) is 14.6 Å². The molecule has 2 aromatic rings. The molecule has 0 aliphatic carbocycles. The SMILES string of the molecule is COc1ccc(C)cc1NC(=O)[C@@H](c1ccccc1)N1CCN([C@@H]2CCS(=O)(=O)C2)CC1. The highest BCUT2D eigenvalue weighted by molar-refractivity contribution is 7.91. The van der Waals surface area contributed by atoms with Crippen molar-refractivity contribution in [1.29, 1.82) is 0 Å². The Kier molecular flexibility index (Phi) is 6.83. The summed E-state index contributed by atoms with van der Waals surface area (Å²) in [5, 5.41) is 3.08. The van der Waals surface area contributed by atoms with Crippen LogP contribution in [0.1, 0.15) is 23.6 Å². The lowest BCUT2D eigenvalue weighted by Crippen LogP contribution is -2.53. The van der Waals surface area contributed by atoms with Gasteiger partial charge in [0.05, 0.1) is 24.3 Å². The summed E-state index contributed by atoms with van der Waals surface area (Å²) in [7, 11) is -1.31. The zero-order valence-corrected chi connectivity index (χ0v) is 19.5. The highest BCUT2D eigenvalue weighted by atomic mass is 32.2.